The minimum Gasteiger partial charge on any atom is -0.491 e. The van der Waals surface area contributed by atoms with Crippen molar-refractivity contribution in [3.8, 4) is 5.75 Å². The molecule has 1 aromatic carbocycles. The first-order valence-electron chi connectivity index (χ1n) is 5.04. The largest absolute Gasteiger partial charge is 0.491 e. The van der Waals surface area contributed by atoms with Crippen LogP contribution >= 0.6 is 0 Å². The molecule has 0 aliphatic carbocycles. The highest BCUT2D eigenvalue weighted by molar-refractivity contribution is 5.46. The fourth-order valence-corrected chi connectivity index (χ4v) is 1.08. The third kappa shape index (κ3) is 4.78. The first-order chi connectivity index (χ1) is 7.86. The first kappa shape index (κ1) is 12.5. The van der Waals surface area contributed by atoms with Gasteiger partial charge in [0.2, 0.25) is 0 Å². The summed E-state index contributed by atoms with van der Waals surface area (Å²) in [5.74, 6) is 0.753. The summed E-state index contributed by atoms with van der Waals surface area (Å²) in [5.41, 5.74) is 0.615. The van der Waals surface area contributed by atoms with Crippen molar-refractivity contribution in [2.45, 2.75) is 0 Å². The molecule has 0 aliphatic heterocycles. The summed E-state index contributed by atoms with van der Waals surface area (Å²) < 4.78 is 15.5. The van der Waals surface area contributed by atoms with Crippen LogP contribution in [0.1, 0.15) is 0 Å². The van der Waals surface area contributed by atoms with Gasteiger partial charge < -0.3 is 14.2 Å². The zero-order chi connectivity index (χ0) is 11.6. The summed E-state index contributed by atoms with van der Waals surface area (Å²) in [6.45, 7) is 9.01. The SMILES string of the molecule is [C-]#[N+]c1ccc(OCCOCCOC)cc1. The van der Waals surface area contributed by atoms with Gasteiger partial charge in [0.1, 0.15) is 12.4 Å². The molecule has 1 aromatic rings. The Morgan fingerprint density at radius 3 is 2.38 bits per heavy atom. The van der Waals surface area contributed by atoms with Crippen LogP contribution in [0.3, 0.4) is 0 Å². The molecule has 0 saturated heterocycles. The molecule has 4 heteroatoms. The van der Waals surface area contributed by atoms with Crippen LogP contribution in [-0.2, 0) is 9.47 Å². The second-order valence-corrected chi connectivity index (χ2v) is 3.06. The fraction of sp³-hybridized carbons (Fsp3) is 0.417. The number of benzene rings is 1. The second kappa shape index (κ2) is 7.69. The quantitative estimate of drug-likeness (QED) is 0.523. The Morgan fingerprint density at radius 2 is 1.75 bits per heavy atom. The molecule has 0 fully saturated rings. The Hall–Kier alpha value is -1.57. The van der Waals surface area contributed by atoms with E-state index in [9.17, 15) is 0 Å². The molecule has 0 bridgehead atoms. The van der Waals surface area contributed by atoms with Gasteiger partial charge in [-0.1, -0.05) is 12.1 Å². The number of nitrogens with zero attached hydrogens (tertiary/aromatic N) is 1. The number of hydrogen-bond donors (Lipinski definition) is 0. The van der Waals surface area contributed by atoms with Crippen molar-refractivity contribution >= 4 is 5.69 Å². The lowest BCUT2D eigenvalue weighted by atomic mass is 10.3. The number of rotatable bonds is 7. The van der Waals surface area contributed by atoms with Gasteiger partial charge in [-0.2, -0.15) is 0 Å². The van der Waals surface area contributed by atoms with E-state index >= 15 is 0 Å². The normalized spacial score (nSPS) is 9.75. The van der Waals surface area contributed by atoms with Crippen LogP contribution in [0, 0.1) is 6.57 Å². The van der Waals surface area contributed by atoms with Gasteiger partial charge >= 0.3 is 0 Å². The van der Waals surface area contributed by atoms with E-state index in [4.69, 9.17) is 20.8 Å². The molecule has 86 valence electrons. The highest BCUT2D eigenvalue weighted by Gasteiger charge is 1.94. The van der Waals surface area contributed by atoms with Gasteiger partial charge in [-0.15, -0.1) is 0 Å². The number of hydrogen-bond acceptors (Lipinski definition) is 3. The second-order valence-electron chi connectivity index (χ2n) is 3.06. The molecular weight excluding hydrogens is 206 g/mol. The molecule has 16 heavy (non-hydrogen) atoms. The molecule has 0 aromatic heterocycles. The third-order valence-electron chi connectivity index (χ3n) is 1.89. The van der Waals surface area contributed by atoms with Crippen molar-refractivity contribution in [2.75, 3.05) is 33.5 Å². The minimum atomic E-state index is 0.501. The van der Waals surface area contributed by atoms with Crippen LogP contribution in [0.5, 0.6) is 5.75 Å². The van der Waals surface area contributed by atoms with E-state index in [0.29, 0.717) is 32.1 Å². The maximum Gasteiger partial charge on any atom is 0.187 e. The monoisotopic (exact) mass is 221 g/mol. The highest BCUT2D eigenvalue weighted by atomic mass is 16.5. The predicted molar refractivity (Wildman–Crippen MR) is 60.9 cm³/mol. The van der Waals surface area contributed by atoms with Crippen LogP contribution in [-0.4, -0.2) is 33.5 Å². The van der Waals surface area contributed by atoms with Gasteiger partial charge in [0, 0.05) is 7.11 Å². The molecule has 0 saturated carbocycles. The Bertz CT molecular complexity index is 329. The zero-order valence-corrected chi connectivity index (χ0v) is 9.31. The van der Waals surface area contributed by atoms with Gasteiger partial charge in [-0.25, -0.2) is 4.85 Å². The lowest BCUT2D eigenvalue weighted by Crippen LogP contribution is -2.09. The summed E-state index contributed by atoms with van der Waals surface area (Å²) >= 11 is 0. The summed E-state index contributed by atoms with van der Waals surface area (Å²) in [7, 11) is 1.64. The maximum absolute atomic E-state index is 6.80. The number of ether oxygens (including phenoxy) is 3. The maximum atomic E-state index is 6.80. The summed E-state index contributed by atoms with van der Waals surface area (Å²) in [4.78, 5) is 3.30. The van der Waals surface area contributed by atoms with Crippen molar-refractivity contribution in [1.82, 2.24) is 0 Å². The molecule has 0 heterocycles. The van der Waals surface area contributed by atoms with E-state index in [1.54, 1.807) is 31.4 Å². The van der Waals surface area contributed by atoms with E-state index in [0.717, 1.165) is 5.75 Å². The standard InChI is InChI=1S/C12H15NO3/c1-13-11-3-5-12(6-4-11)16-10-9-15-8-7-14-2/h3-6H,7-10H2,2H3. The van der Waals surface area contributed by atoms with Crippen LogP contribution in [0.15, 0.2) is 24.3 Å². The highest BCUT2D eigenvalue weighted by Crippen LogP contribution is 2.17. The Labute approximate surface area is 95.6 Å². The smallest absolute Gasteiger partial charge is 0.187 e. The lowest BCUT2D eigenvalue weighted by Gasteiger charge is -2.06. The topological polar surface area (TPSA) is 32.0 Å². The van der Waals surface area contributed by atoms with Gasteiger partial charge in [-0.3, -0.25) is 0 Å². The van der Waals surface area contributed by atoms with Gasteiger partial charge in [0.05, 0.1) is 26.4 Å². The van der Waals surface area contributed by atoms with Crippen molar-refractivity contribution in [1.29, 1.82) is 0 Å². The van der Waals surface area contributed by atoms with Crippen molar-refractivity contribution in [3.05, 3.63) is 35.7 Å². The van der Waals surface area contributed by atoms with Crippen molar-refractivity contribution in [2.24, 2.45) is 0 Å². The minimum absolute atomic E-state index is 0.501. The van der Waals surface area contributed by atoms with Gasteiger partial charge in [-0.05, 0) is 12.1 Å². The van der Waals surface area contributed by atoms with Crippen LogP contribution in [0.25, 0.3) is 4.85 Å². The Morgan fingerprint density at radius 1 is 1.06 bits per heavy atom. The van der Waals surface area contributed by atoms with Crippen LogP contribution in [0.2, 0.25) is 0 Å². The molecule has 4 nitrogen and oxygen atoms in total. The Kier molecular flexibility index (Phi) is 6.00. The van der Waals surface area contributed by atoms with Crippen LogP contribution in [0.4, 0.5) is 5.69 Å². The van der Waals surface area contributed by atoms with Crippen LogP contribution < -0.4 is 4.74 Å². The predicted octanol–water partition coefficient (Wildman–Crippen LogP) is 2.28. The average molecular weight is 221 g/mol. The zero-order valence-electron chi connectivity index (χ0n) is 9.31. The molecule has 0 N–H and O–H groups in total. The molecule has 0 aliphatic rings. The molecule has 0 atom stereocenters. The molecule has 0 unspecified atom stereocenters. The van der Waals surface area contributed by atoms with Gasteiger partial charge in [0.25, 0.3) is 0 Å². The van der Waals surface area contributed by atoms with E-state index in [1.165, 1.54) is 0 Å². The Balaban J connectivity index is 2.15. The first-order valence-corrected chi connectivity index (χ1v) is 5.04. The summed E-state index contributed by atoms with van der Waals surface area (Å²) in [6, 6.07) is 7.02. The van der Waals surface area contributed by atoms with Crippen molar-refractivity contribution < 1.29 is 14.2 Å². The third-order valence-corrected chi connectivity index (χ3v) is 1.89. The molecule has 0 amide bonds. The summed E-state index contributed by atoms with van der Waals surface area (Å²) in [5, 5.41) is 0. The number of methoxy groups -OCH3 is 1. The molecule has 0 spiro atoms. The molecular formula is C12H15NO3. The van der Waals surface area contributed by atoms with E-state index in [-0.39, 0.29) is 0 Å². The van der Waals surface area contributed by atoms with E-state index in [1.807, 2.05) is 0 Å². The summed E-state index contributed by atoms with van der Waals surface area (Å²) in [6.07, 6.45) is 0. The van der Waals surface area contributed by atoms with E-state index < -0.39 is 0 Å². The van der Waals surface area contributed by atoms with Gasteiger partial charge in [0.15, 0.2) is 5.69 Å². The lowest BCUT2D eigenvalue weighted by molar-refractivity contribution is 0.0544. The van der Waals surface area contributed by atoms with E-state index in [2.05, 4.69) is 4.85 Å². The molecule has 1 rings (SSSR count). The molecule has 0 radical (unpaired) electrons. The van der Waals surface area contributed by atoms with Crippen molar-refractivity contribution in [3.63, 3.8) is 0 Å². The fourth-order valence-electron chi connectivity index (χ4n) is 1.08. The average Bonchev–Trinajstić information content (AvgIpc) is 2.34.